The molecule has 2 N–H and O–H groups in total. The van der Waals surface area contributed by atoms with E-state index in [1.54, 1.807) is 0 Å². The Balaban J connectivity index is 3.18. The van der Waals surface area contributed by atoms with Crippen molar-refractivity contribution in [3.05, 3.63) is 27.2 Å². The Hall–Kier alpha value is -0.250. The number of aliphatic imine (C=N–C) groups is 1. The molecule has 0 spiro atoms. The monoisotopic (exact) mass is 294 g/mol. The Kier molecular flexibility index (Phi) is 4.23. The average Bonchev–Trinajstić information content (AvgIpc) is 2.19. The highest BCUT2D eigenvalue weighted by molar-refractivity contribution is 9.10. The number of hydrogen-bond acceptors (Lipinski definition) is 1. The van der Waals surface area contributed by atoms with E-state index in [2.05, 4.69) is 20.9 Å². The largest absolute Gasteiger partial charge is 0.386 e. The Morgan fingerprint density at radius 3 is 2.79 bits per heavy atom. The fraction of sp³-hybridized carbons (Fsp3) is 0.222. The first-order valence-electron chi connectivity index (χ1n) is 3.90. The van der Waals surface area contributed by atoms with Gasteiger partial charge in [0, 0.05) is 4.47 Å². The van der Waals surface area contributed by atoms with Crippen molar-refractivity contribution in [2.75, 3.05) is 5.88 Å². The third-order valence-electron chi connectivity index (χ3n) is 1.71. The first-order valence-corrected chi connectivity index (χ1v) is 5.60. The minimum absolute atomic E-state index is 0.215. The van der Waals surface area contributed by atoms with E-state index in [1.165, 1.54) is 0 Å². The molecule has 1 aromatic carbocycles. The Morgan fingerprint density at radius 1 is 1.57 bits per heavy atom. The highest BCUT2D eigenvalue weighted by Gasteiger charge is 2.05. The van der Waals surface area contributed by atoms with E-state index in [4.69, 9.17) is 28.9 Å². The van der Waals surface area contributed by atoms with Crippen molar-refractivity contribution in [1.29, 1.82) is 0 Å². The van der Waals surface area contributed by atoms with Crippen molar-refractivity contribution in [2.24, 2.45) is 10.7 Å². The van der Waals surface area contributed by atoms with Gasteiger partial charge in [-0.25, -0.2) is 4.99 Å². The van der Waals surface area contributed by atoms with Gasteiger partial charge in [0.1, 0.15) is 5.84 Å². The molecular weight excluding hydrogens is 287 g/mol. The molecule has 0 unspecified atom stereocenters. The second-order valence-electron chi connectivity index (χ2n) is 2.74. The zero-order valence-corrected chi connectivity index (χ0v) is 10.6. The Bertz CT molecular complexity index is 377. The first kappa shape index (κ1) is 11.8. The summed E-state index contributed by atoms with van der Waals surface area (Å²) in [4.78, 5) is 4.14. The summed E-state index contributed by atoms with van der Waals surface area (Å²) in [5.74, 6) is 0.598. The lowest BCUT2D eigenvalue weighted by molar-refractivity contribution is 1.36. The Labute approximate surface area is 101 Å². The van der Waals surface area contributed by atoms with Crippen molar-refractivity contribution >= 4 is 50.7 Å². The van der Waals surface area contributed by atoms with Gasteiger partial charge in [-0.3, -0.25) is 0 Å². The molecule has 0 saturated heterocycles. The second-order valence-corrected chi connectivity index (χ2v) is 4.24. The summed E-state index contributed by atoms with van der Waals surface area (Å²) in [6, 6.07) is 3.67. The molecule has 0 aliphatic carbocycles. The number of benzene rings is 1. The van der Waals surface area contributed by atoms with Crippen LogP contribution in [0.3, 0.4) is 0 Å². The standard InChI is InChI=1S/C9H9BrCl2N2/c1-5-7(14-8(13)4-11)3-2-6(10)9(5)12/h2-3H,4H2,1H3,(H2,13,14). The molecule has 76 valence electrons. The number of rotatable bonds is 2. The second kappa shape index (κ2) is 5.01. The van der Waals surface area contributed by atoms with Crippen LogP contribution in [0.5, 0.6) is 0 Å². The van der Waals surface area contributed by atoms with Gasteiger partial charge in [-0.05, 0) is 40.5 Å². The predicted octanol–water partition coefficient (Wildman–Crippen LogP) is 3.64. The minimum Gasteiger partial charge on any atom is -0.386 e. The molecule has 0 atom stereocenters. The van der Waals surface area contributed by atoms with Gasteiger partial charge in [-0.15, -0.1) is 11.6 Å². The molecule has 1 aromatic rings. The number of alkyl halides is 1. The molecule has 1 rings (SSSR count). The quantitative estimate of drug-likeness (QED) is 0.505. The number of nitrogens with zero attached hydrogens (tertiary/aromatic N) is 1. The molecule has 14 heavy (non-hydrogen) atoms. The van der Waals surface area contributed by atoms with Crippen molar-refractivity contribution in [3.8, 4) is 0 Å². The SMILES string of the molecule is Cc1c(N=C(N)CCl)ccc(Br)c1Cl. The van der Waals surface area contributed by atoms with Gasteiger partial charge in [-0.1, -0.05) is 11.6 Å². The average molecular weight is 296 g/mol. The van der Waals surface area contributed by atoms with E-state index < -0.39 is 0 Å². The van der Waals surface area contributed by atoms with E-state index in [0.29, 0.717) is 10.9 Å². The topological polar surface area (TPSA) is 38.4 Å². The molecular formula is C9H9BrCl2N2. The lowest BCUT2D eigenvalue weighted by Gasteiger charge is -2.05. The summed E-state index contributed by atoms with van der Waals surface area (Å²) in [6.07, 6.45) is 0. The van der Waals surface area contributed by atoms with Crippen molar-refractivity contribution in [3.63, 3.8) is 0 Å². The summed E-state index contributed by atoms with van der Waals surface area (Å²) < 4.78 is 0.847. The van der Waals surface area contributed by atoms with Crippen LogP contribution in [0, 0.1) is 6.92 Å². The molecule has 0 amide bonds. The van der Waals surface area contributed by atoms with Crippen LogP contribution in [0.2, 0.25) is 5.02 Å². The van der Waals surface area contributed by atoms with Gasteiger partial charge in [0.2, 0.25) is 0 Å². The molecule has 5 heteroatoms. The van der Waals surface area contributed by atoms with E-state index in [-0.39, 0.29) is 5.88 Å². The summed E-state index contributed by atoms with van der Waals surface area (Å²) in [6.45, 7) is 1.88. The lowest BCUT2D eigenvalue weighted by Crippen LogP contribution is -2.12. The third-order valence-corrected chi connectivity index (χ3v) is 3.36. The highest BCUT2D eigenvalue weighted by atomic mass is 79.9. The fourth-order valence-electron chi connectivity index (χ4n) is 0.948. The molecule has 0 aromatic heterocycles. The van der Waals surface area contributed by atoms with Crippen LogP contribution in [0.15, 0.2) is 21.6 Å². The van der Waals surface area contributed by atoms with Crippen LogP contribution >= 0.6 is 39.1 Å². The van der Waals surface area contributed by atoms with Gasteiger partial charge >= 0.3 is 0 Å². The van der Waals surface area contributed by atoms with E-state index in [9.17, 15) is 0 Å². The van der Waals surface area contributed by atoms with Gasteiger partial charge in [0.05, 0.1) is 16.6 Å². The number of amidine groups is 1. The van der Waals surface area contributed by atoms with Crippen LogP contribution in [-0.4, -0.2) is 11.7 Å². The normalized spacial score (nSPS) is 11.9. The Morgan fingerprint density at radius 2 is 2.21 bits per heavy atom. The fourth-order valence-corrected chi connectivity index (χ4v) is 1.60. The summed E-state index contributed by atoms with van der Waals surface area (Å²) in [5, 5.41) is 0.647. The van der Waals surface area contributed by atoms with Gasteiger partial charge in [0.25, 0.3) is 0 Å². The molecule has 0 bridgehead atoms. The van der Waals surface area contributed by atoms with E-state index >= 15 is 0 Å². The van der Waals surface area contributed by atoms with Crippen LogP contribution in [-0.2, 0) is 0 Å². The van der Waals surface area contributed by atoms with Crippen LogP contribution in [0.25, 0.3) is 0 Å². The number of halogens is 3. The van der Waals surface area contributed by atoms with E-state index in [0.717, 1.165) is 15.7 Å². The first-order chi connectivity index (χ1) is 6.56. The van der Waals surface area contributed by atoms with Crippen molar-refractivity contribution in [1.82, 2.24) is 0 Å². The molecule has 0 saturated carbocycles. The van der Waals surface area contributed by atoms with E-state index in [1.807, 2.05) is 19.1 Å². The zero-order valence-electron chi connectivity index (χ0n) is 7.52. The van der Waals surface area contributed by atoms with Crippen LogP contribution in [0.4, 0.5) is 5.69 Å². The molecule has 0 radical (unpaired) electrons. The smallest absolute Gasteiger partial charge is 0.115 e. The van der Waals surface area contributed by atoms with Crippen LogP contribution in [0.1, 0.15) is 5.56 Å². The number of nitrogens with two attached hydrogens (primary N) is 1. The maximum atomic E-state index is 6.02. The summed E-state index contributed by atoms with van der Waals surface area (Å²) in [7, 11) is 0. The van der Waals surface area contributed by atoms with Crippen LogP contribution < -0.4 is 5.73 Å². The minimum atomic E-state index is 0.215. The van der Waals surface area contributed by atoms with Gasteiger partial charge in [-0.2, -0.15) is 0 Å². The van der Waals surface area contributed by atoms with Crippen molar-refractivity contribution < 1.29 is 0 Å². The zero-order chi connectivity index (χ0) is 10.7. The predicted molar refractivity (Wildman–Crippen MR) is 65.9 cm³/mol. The molecule has 0 heterocycles. The highest BCUT2D eigenvalue weighted by Crippen LogP contribution is 2.32. The molecule has 0 aliphatic heterocycles. The summed E-state index contributed by atoms with van der Waals surface area (Å²) in [5.41, 5.74) is 7.16. The maximum Gasteiger partial charge on any atom is 0.115 e. The lowest BCUT2D eigenvalue weighted by atomic mass is 10.2. The van der Waals surface area contributed by atoms with Gasteiger partial charge < -0.3 is 5.73 Å². The maximum absolute atomic E-state index is 6.02. The summed E-state index contributed by atoms with van der Waals surface area (Å²) >= 11 is 14.9. The third kappa shape index (κ3) is 2.62. The molecule has 0 aliphatic rings. The molecule has 2 nitrogen and oxygen atoms in total. The van der Waals surface area contributed by atoms with Gasteiger partial charge in [0.15, 0.2) is 0 Å². The van der Waals surface area contributed by atoms with Crippen molar-refractivity contribution in [2.45, 2.75) is 6.92 Å². The number of hydrogen-bond donors (Lipinski definition) is 1. The molecule has 0 fully saturated rings.